The third-order valence-corrected chi connectivity index (χ3v) is 18.3. The van der Waals surface area contributed by atoms with Crippen molar-refractivity contribution in [2.24, 2.45) is 0 Å². The molecule has 0 aromatic heterocycles. The second kappa shape index (κ2) is 20.8. The number of quaternary nitrogens is 2. The van der Waals surface area contributed by atoms with Crippen molar-refractivity contribution in [3.63, 3.8) is 0 Å². The van der Waals surface area contributed by atoms with Crippen LogP contribution in [0.25, 0.3) is 0 Å². The van der Waals surface area contributed by atoms with Gasteiger partial charge in [-0.2, -0.15) is 0 Å². The third kappa shape index (κ3) is 10.5. The van der Waals surface area contributed by atoms with Crippen molar-refractivity contribution in [1.29, 1.82) is 0 Å². The lowest BCUT2D eigenvalue weighted by atomic mass is 9.91. The Morgan fingerprint density at radius 1 is 0.483 bits per heavy atom. The Balaban J connectivity index is 1.31. The minimum absolute atomic E-state index is 0.188. The average molecular weight is 904 g/mol. The van der Waals surface area contributed by atoms with E-state index in [2.05, 4.69) is 89.1 Å². The summed E-state index contributed by atoms with van der Waals surface area (Å²) in [6.45, 7) is 26.4. The molecular formula is C48H76Cl2N6O2S2+2. The maximum atomic E-state index is 15.5. The molecule has 0 radical (unpaired) electrons. The van der Waals surface area contributed by atoms with Crippen LogP contribution in [0.5, 0.6) is 0 Å². The summed E-state index contributed by atoms with van der Waals surface area (Å²) in [6, 6.07) is 14.6. The number of nitrogens with zero attached hydrogens (tertiary/aromatic N) is 6. The zero-order valence-electron chi connectivity index (χ0n) is 38.5. The highest BCUT2D eigenvalue weighted by atomic mass is 35.5. The smallest absolute Gasteiger partial charge is 0.300 e. The zero-order chi connectivity index (χ0) is 43.5. The van der Waals surface area contributed by atoms with E-state index in [0.717, 1.165) is 125 Å². The van der Waals surface area contributed by atoms with E-state index in [1.165, 1.54) is 0 Å². The highest BCUT2D eigenvalue weighted by molar-refractivity contribution is 8.76. The lowest BCUT2D eigenvalue weighted by Crippen LogP contribution is -2.66. The van der Waals surface area contributed by atoms with Crippen LogP contribution >= 0.6 is 44.8 Å². The molecule has 2 amide bonds. The van der Waals surface area contributed by atoms with Crippen molar-refractivity contribution in [3.8, 4) is 0 Å². The molecule has 60 heavy (non-hydrogen) atoms. The predicted octanol–water partition coefficient (Wildman–Crippen LogP) is 10.5. The Morgan fingerprint density at radius 2 is 0.717 bits per heavy atom. The van der Waals surface area contributed by atoms with Gasteiger partial charge in [-0.25, -0.2) is 9.59 Å². The molecule has 12 heteroatoms. The van der Waals surface area contributed by atoms with E-state index >= 15 is 9.59 Å². The molecular weight excluding hydrogens is 828 g/mol. The molecule has 6 rings (SSSR count). The maximum Gasteiger partial charge on any atom is 0.347 e. The minimum Gasteiger partial charge on any atom is -0.300 e. The first kappa shape index (κ1) is 48.3. The van der Waals surface area contributed by atoms with Crippen LogP contribution in [0.3, 0.4) is 0 Å². The molecule has 0 N–H and O–H groups in total. The second-order valence-corrected chi connectivity index (χ2v) is 22.9. The van der Waals surface area contributed by atoms with Crippen molar-refractivity contribution < 1.29 is 18.6 Å². The molecule has 4 saturated heterocycles. The SMILES string of the molecule is CC(C)N1CCC([N+](C)(C(=O)c2ccc(Cl)cc2SSc2cc(Cl)ccc2C(=O)[N+](C)(C2CCN(C(C)C)CC2)C2CCN(C(C)C)CC2)C2CCN(C(C)C)CC2)CC1. The topological polar surface area (TPSA) is 47.1 Å². The van der Waals surface area contributed by atoms with Crippen LogP contribution in [0, 0.1) is 0 Å². The number of piperidine rings is 4. The monoisotopic (exact) mass is 902 g/mol. The van der Waals surface area contributed by atoms with Crippen LogP contribution in [0.1, 0.15) is 127 Å². The first-order chi connectivity index (χ1) is 28.4. The summed E-state index contributed by atoms with van der Waals surface area (Å²) in [5, 5.41) is 1.21. The second-order valence-electron chi connectivity index (χ2n) is 19.8. The van der Waals surface area contributed by atoms with E-state index in [1.807, 2.05) is 36.4 Å². The average Bonchev–Trinajstić information content (AvgIpc) is 3.24. The Bertz CT molecular complexity index is 1580. The Labute approximate surface area is 381 Å². The van der Waals surface area contributed by atoms with E-state index in [4.69, 9.17) is 23.2 Å². The summed E-state index contributed by atoms with van der Waals surface area (Å²) in [5.41, 5.74) is 1.45. The van der Waals surface area contributed by atoms with Gasteiger partial charge < -0.3 is 19.6 Å². The van der Waals surface area contributed by atoms with Gasteiger partial charge in [-0.15, -0.1) is 0 Å². The fourth-order valence-corrected chi connectivity index (χ4v) is 14.0. The van der Waals surface area contributed by atoms with Gasteiger partial charge in [0.05, 0.1) is 49.4 Å². The molecule has 4 aliphatic heterocycles. The van der Waals surface area contributed by atoms with Gasteiger partial charge in [-0.1, -0.05) is 44.8 Å². The van der Waals surface area contributed by atoms with Crippen molar-refractivity contribution in [2.75, 3.05) is 66.5 Å². The molecule has 4 fully saturated rings. The number of rotatable bonds is 13. The summed E-state index contributed by atoms with van der Waals surface area (Å²) < 4.78 is 0.861. The number of hydrogen-bond donors (Lipinski definition) is 0. The van der Waals surface area contributed by atoms with Gasteiger partial charge in [-0.3, -0.25) is 8.97 Å². The number of amides is 2. The highest BCUT2D eigenvalue weighted by Crippen LogP contribution is 2.46. The molecule has 8 nitrogen and oxygen atoms in total. The molecule has 0 bridgehead atoms. The Hall–Kier alpha value is -1.18. The molecule has 0 spiro atoms. The minimum atomic E-state index is 0.188. The van der Waals surface area contributed by atoms with Crippen molar-refractivity contribution in [2.45, 2.75) is 165 Å². The number of likely N-dealkylation sites (tertiary alicyclic amines) is 4. The van der Waals surface area contributed by atoms with Gasteiger partial charge in [0.2, 0.25) is 0 Å². The number of halogens is 2. The van der Waals surface area contributed by atoms with E-state index in [-0.39, 0.29) is 36.0 Å². The summed E-state index contributed by atoms with van der Waals surface area (Å²) in [5.74, 6) is 0.376. The van der Waals surface area contributed by atoms with Gasteiger partial charge in [0.1, 0.15) is 0 Å². The van der Waals surface area contributed by atoms with Crippen molar-refractivity contribution in [3.05, 3.63) is 57.6 Å². The molecule has 4 heterocycles. The van der Waals surface area contributed by atoms with Crippen LogP contribution in [0.4, 0.5) is 0 Å². The summed E-state index contributed by atoms with van der Waals surface area (Å²) in [6.07, 6.45) is 8.06. The van der Waals surface area contributed by atoms with Crippen LogP contribution in [0.15, 0.2) is 46.2 Å². The van der Waals surface area contributed by atoms with Crippen molar-refractivity contribution >= 4 is 56.6 Å². The lowest BCUT2D eigenvalue weighted by Gasteiger charge is -2.50. The van der Waals surface area contributed by atoms with Crippen LogP contribution in [-0.4, -0.2) is 155 Å². The summed E-state index contributed by atoms with van der Waals surface area (Å²) in [7, 11) is 7.57. The van der Waals surface area contributed by atoms with Gasteiger partial charge >= 0.3 is 11.8 Å². The first-order valence-electron chi connectivity index (χ1n) is 23.2. The predicted molar refractivity (Wildman–Crippen MR) is 255 cm³/mol. The Kier molecular flexibility index (Phi) is 16.7. The lowest BCUT2D eigenvalue weighted by molar-refractivity contribution is -0.883. The van der Waals surface area contributed by atoms with Crippen LogP contribution in [0.2, 0.25) is 10.0 Å². The van der Waals surface area contributed by atoms with Gasteiger partial charge in [0, 0.05) is 148 Å². The van der Waals surface area contributed by atoms with Gasteiger partial charge in [0.25, 0.3) is 0 Å². The normalized spacial score (nSPS) is 21.3. The number of carbonyl (C=O) groups excluding carboxylic acids is 2. The van der Waals surface area contributed by atoms with Crippen molar-refractivity contribution in [1.82, 2.24) is 19.6 Å². The zero-order valence-corrected chi connectivity index (χ0v) is 41.6. The first-order valence-corrected chi connectivity index (χ1v) is 26.1. The summed E-state index contributed by atoms with van der Waals surface area (Å²) in [4.78, 5) is 42.9. The molecule has 2 aromatic carbocycles. The van der Waals surface area contributed by atoms with Gasteiger partial charge in [-0.05, 0) is 91.8 Å². The molecule has 4 aliphatic rings. The van der Waals surface area contributed by atoms with Crippen LogP contribution < -0.4 is 0 Å². The van der Waals surface area contributed by atoms with Crippen LogP contribution in [-0.2, 0) is 0 Å². The highest BCUT2D eigenvalue weighted by Gasteiger charge is 2.51. The maximum absolute atomic E-state index is 15.5. The molecule has 0 atom stereocenters. The molecule has 0 saturated carbocycles. The number of hydrogen-bond acceptors (Lipinski definition) is 8. The fourth-order valence-electron chi connectivity index (χ4n) is 11.1. The third-order valence-electron chi connectivity index (χ3n) is 15.4. The largest absolute Gasteiger partial charge is 0.347 e. The standard InChI is InChI=1S/C48H76Cl2N6O2S2/c1-33(2)51-23-15-39(16-24-51)55(9,40-17-25-52(26-18-40)34(3)4)47(57)43-13-11-37(49)31-45(43)59-60-46-32-38(50)12-14-44(46)48(58)56(10,41-19-27-53(28-20-41)35(5)6)42-21-29-54(30-22-42)36(7)8/h11-14,31-36,39-42H,15-30H2,1-10H3/q+2. The molecule has 334 valence electrons. The molecule has 2 aromatic rings. The molecule has 0 unspecified atom stereocenters. The van der Waals surface area contributed by atoms with E-state index in [1.54, 1.807) is 21.6 Å². The van der Waals surface area contributed by atoms with E-state index in [0.29, 0.717) is 43.2 Å². The fraction of sp³-hybridized carbons (Fsp3) is 0.708. The van der Waals surface area contributed by atoms with E-state index < -0.39 is 0 Å². The molecule has 0 aliphatic carbocycles. The number of carbonyl (C=O) groups is 2. The number of benzene rings is 2. The Morgan fingerprint density at radius 3 is 0.933 bits per heavy atom. The van der Waals surface area contributed by atoms with Gasteiger partial charge in [0.15, 0.2) is 0 Å². The summed E-state index contributed by atoms with van der Waals surface area (Å²) >= 11 is 13.5. The quantitative estimate of drug-likeness (QED) is 0.146. The van der Waals surface area contributed by atoms with E-state index in [9.17, 15) is 0 Å².